The summed E-state index contributed by atoms with van der Waals surface area (Å²) < 4.78 is 5.52. The zero-order chi connectivity index (χ0) is 28.1. The molecule has 0 unspecified atom stereocenters. The normalized spacial score (nSPS) is 13.2. The maximum absolute atomic E-state index is 12.8. The molecule has 1 fully saturated rings. The summed E-state index contributed by atoms with van der Waals surface area (Å²) in [6.45, 7) is 4.69. The molecule has 12 heteroatoms. The summed E-state index contributed by atoms with van der Waals surface area (Å²) in [4.78, 5) is 40.1. The van der Waals surface area contributed by atoms with Gasteiger partial charge in [0.2, 0.25) is 5.91 Å². The van der Waals surface area contributed by atoms with Gasteiger partial charge in [-0.25, -0.2) is 0 Å². The number of anilines is 2. The Morgan fingerprint density at radius 1 is 1.00 bits per heavy atom. The Bertz CT molecular complexity index is 1530. The number of rotatable bonds is 8. The third kappa shape index (κ3) is 6.29. The fourth-order valence-electron chi connectivity index (χ4n) is 4.40. The molecular formula is C28H26N6O5S. The predicted octanol–water partition coefficient (Wildman–Crippen LogP) is 4.65. The second-order valence-corrected chi connectivity index (χ2v) is 10.1. The van der Waals surface area contributed by atoms with Crippen molar-refractivity contribution in [3.8, 4) is 11.5 Å². The number of para-hydroxylation sites is 1. The smallest absolute Gasteiger partial charge is 0.282 e. The quantitative estimate of drug-likeness (QED) is 0.186. The first kappa shape index (κ1) is 26.9. The Kier molecular flexibility index (Phi) is 8.06. The highest BCUT2D eigenvalue weighted by molar-refractivity contribution is 7.99. The Labute approximate surface area is 234 Å². The third-order valence-corrected chi connectivity index (χ3v) is 7.23. The molecule has 1 aliphatic rings. The van der Waals surface area contributed by atoms with Crippen LogP contribution in [0, 0.1) is 17.0 Å². The minimum absolute atomic E-state index is 0.0196. The van der Waals surface area contributed by atoms with Crippen molar-refractivity contribution < 1.29 is 18.9 Å². The molecule has 1 saturated heterocycles. The lowest BCUT2D eigenvalue weighted by atomic mass is 10.1. The Morgan fingerprint density at radius 3 is 2.48 bits per heavy atom. The highest BCUT2D eigenvalue weighted by Gasteiger charge is 2.23. The Morgan fingerprint density at radius 2 is 1.75 bits per heavy atom. The molecule has 0 saturated carbocycles. The minimum Gasteiger partial charge on any atom is -0.411 e. The molecule has 5 rings (SSSR count). The highest BCUT2D eigenvalue weighted by Crippen LogP contribution is 2.30. The van der Waals surface area contributed by atoms with Gasteiger partial charge >= 0.3 is 0 Å². The van der Waals surface area contributed by atoms with E-state index in [1.807, 2.05) is 60.4 Å². The molecule has 0 bridgehead atoms. The van der Waals surface area contributed by atoms with Crippen molar-refractivity contribution in [2.75, 3.05) is 42.1 Å². The van der Waals surface area contributed by atoms with Gasteiger partial charge < -0.3 is 19.5 Å². The monoisotopic (exact) mass is 558 g/mol. The molecule has 2 heterocycles. The summed E-state index contributed by atoms with van der Waals surface area (Å²) in [7, 11) is 0. The Hall–Kier alpha value is -4.71. The lowest BCUT2D eigenvalue weighted by Crippen LogP contribution is -2.48. The summed E-state index contributed by atoms with van der Waals surface area (Å²) in [5.41, 5.74) is 3.52. The van der Waals surface area contributed by atoms with Crippen LogP contribution in [0.25, 0.3) is 11.5 Å². The number of aromatic nitrogens is 2. The van der Waals surface area contributed by atoms with Gasteiger partial charge in [-0.15, -0.1) is 10.2 Å². The molecule has 0 spiro atoms. The molecule has 3 aromatic carbocycles. The van der Waals surface area contributed by atoms with E-state index >= 15 is 0 Å². The van der Waals surface area contributed by atoms with Crippen molar-refractivity contribution >= 4 is 40.6 Å². The first-order chi connectivity index (χ1) is 19.4. The number of benzene rings is 3. The summed E-state index contributed by atoms with van der Waals surface area (Å²) in [6, 6.07) is 21.3. The topological polar surface area (TPSA) is 135 Å². The lowest BCUT2D eigenvalue weighted by Gasteiger charge is -2.36. The Balaban J connectivity index is 1.10. The summed E-state index contributed by atoms with van der Waals surface area (Å²) >= 11 is 1.04. The van der Waals surface area contributed by atoms with Crippen LogP contribution in [0.4, 0.5) is 17.1 Å². The van der Waals surface area contributed by atoms with Crippen LogP contribution >= 0.6 is 11.8 Å². The largest absolute Gasteiger partial charge is 0.411 e. The number of thioether (sulfide) groups is 1. The summed E-state index contributed by atoms with van der Waals surface area (Å²) in [5.74, 6) is -0.160. The molecule has 4 aromatic rings. The molecule has 204 valence electrons. The van der Waals surface area contributed by atoms with E-state index in [9.17, 15) is 19.7 Å². The molecule has 2 amide bonds. The third-order valence-electron chi connectivity index (χ3n) is 6.41. The zero-order valence-corrected chi connectivity index (χ0v) is 22.5. The molecule has 0 atom stereocenters. The van der Waals surface area contributed by atoms with Crippen molar-refractivity contribution in [2.45, 2.75) is 12.1 Å². The van der Waals surface area contributed by atoms with Crippen LogP contribution in [0.15, 0.2) is 82.4 Å². The first-order valence-electron chi connectivity index (χ1n) is 12.6. The highest BCUT2D eigenvalue weighted by atomic mass is 32.2. The number of aryl methyl sites for hydroxylation is 1. The number of carbonyl (C=O) groups is 2. The van der Waals surface area contributed by atoms with Crippen LogP contribution in [0.3, 0.4) is 0 Å². The van der Waals surface area contributed by atoms with Crippen LogP contribution in [0.1, 0.15) is 15.9 Å². The van der Waals surface area contributed by atoms with E-state index in [0.717, 1.165) is 36.1 Å². The number of piperazine rings is 1. The fourth-order valence-corrected chi connectivity index (χ4v) is 4.96. The molecule has 0 radical (unpaired) electrons. The van der Waals surface area contributed by atoms with Gasteiger partial charge in [-0.2, -0.15) is 0 Å². The van der Waals surface area contributed by atoms with Gasteiger partial charge in [-0.3, -0.25) is 19.7 Å². The number of nitrogens with one attached hydrogen (secondary N) is 1. The number of carbonyl (C=O) groups excluding carboxylic acids is 2. The first-order valence-corrected chi connectivity index (χ1v) is 13.6. The van der Waals surface area contributed by atoms with E-state index in [1.54, 1.807) is 12.1 Å². The second-order valence-electron chi connectivity index (χ2n) is 9.18. The maximum atomic E-state index is 12.8. The molecule has 1 aliphatic heterocycles. The average Bonchev–Trinajstić information content (AvgIpc) is 3.45. The van der Waals surface area contributed by atoms with Gasteiger partial charge in [0.1, 0.15) is 5.56 Å². The number of nitro groups is 1. The molecule has 11 nitrogen and oxygen atoms in total. The SMILES string of the molecule is Cc1cccc(C(=O)N2CCN(c3ccc(NC(=O)CSc4nnc(-c5ccccc5[N+](=O)[O-])o4)cc3)CC2)c1. The van der Waals surface area contributed by atoms with Gasteiger partial charge in [0.05, 0.1) is 10.7 Å². The van der Waals surface area contributed by atoms with Gasteiger partial charge in [0, 0.05) is 49.2 Å². The van der Waals surface area contributed by atoms with Crippen LogP contribution in [-0.2, 0) is 4.79 Å². The van der Waals surface area contributed by atoms with Crippen molar-refractivity contribution in [3.05, 3.63) is 94.0 Å². The van der Waals surface area contributed by atoms with Crippen LogP contribution in [0.5, 0.6) is 0 Å². The molecule has 1 N–H and O–H groups in total. The van der Waals surface area contributed by atoms with Crippen LogP contribution in [-0.4, -0.2) is 63.8 Å². The van der Waals surface area contributed by atoms with E-state index in [-0.39, 0.29) is 39.9 Å². The van der Waals surface area contributed by atoms with Crippen molar-refractivity contribution in [1.82, 2.24) is 15.1 Å². The molecule has 0 aliphatic carbocycles. The fraction of sp³-hybridized carbons (Fsp3) is 0.214. The lowest BCUT2D eigenvalue weighted by molar-refractivity contribution is -0.384. The number of nitrogens with zero attached hydrogens (tertiary/aromatic N) is 5. The predicted molar refractivity (Wildman–Crippen MR) is 151 cm³/mol. The standard InChI is InChI=1S/C28H26N6O5S/c1-19-5-4-6-20(17-19)27(36)33-15-13-32(14-16-33)22-11-9-21(10-12-22)29-25(35)18-40-28-31-30-26(39-28)23-7-2-3-8-24(23)34(37)38/h2-12,17H,13-16,18H2,1H3,(H,29,35). The van der Waals surface area contributed by atoms with Crippen molar-refractivity contribution in [3.63, 3.8) is 0 Å². The van der Waals surface area contributed by atoms with E-state index in [0.29, 0.717) is 24.3 Å². The van der Waals surface area contributed by atoms with Crippen molar-refractivity contribution in [2.24, 2.45) is 0 Å². The summed E-state index contributed by atoms with van der Waals surface area (Å²) in [5, 5.41) is 22.0. The average molecular weight is 559 g/mol. The second kappa shape index (κ2) is 12.0. The number of amides is 2. The number of hydrogen-bond donors (Lipinski definition) is 1. The van der Waals surface area contributed by atoms with Crippen LogP contribution < -0.4 is 10.2 Å². The van der Waals surface area contributed by atoms with Gasteiger partial charge in [0.25, 0.3) is 22.7 Å². The van der Waals surface area contributed by atoms with Crippen LogP contribution in [0.2, 0.25) is 0 Å². The van der Waals surface area contributed by atoms with Gasteiger partial charge in [-0.05, 0) is 49.4 Å². The van der Waals surface area contributed by atoms with E-state index in [4.69, 9.17) is 4.42 Å². The van der Waals surface area contributed by atoms with E-state index < -0.39 is 4.92 Å². The number of nitro benzene ring substituents is 1. The molecule has 1 aromatic heterocycles. The minimum atomic E-state index is -0.515. The van der Waals surface area contributed by atoms with E-state index in [2.05, 4.69) is 20.4 Å². The summed E-state index contributed by atoms with van der Waals surface area (Å²) in [6.07, 6.45) is 0. The van der Waals surface area contributed by atoms with Gasteiger partial charge in [0.15, 0.2) is 0 Å². The maximum Gasteiger partial charge on any atom is 0.282 e. The molecular weight excluding hydrogens is 532 g/mol. The van der Waals surface area contributed by atoms with Gasteiger partial charge in [-0.1, -0.05) is 41.6 Å². The number of hydrogen-bond acceptors (Lipinski definition) is 9. The van der Waals surface area contributed by atoms with Crippen molar-refractivity contribution in [1.29, 1.82) is 0 Å². The molecule has 40 heavy (non-hydrogen) atoms. The van der Waals surface area contributed by atoms with E-state index in [1.165, 1.54) is 12.1 Å². The zero-order valence-electron chi connectivity index (χ0n) is 21.6.